The van der Waals surface area contributed by atoms with E-state index in [1.54, 1.807) is 12.3 Å². The molecule has 1 aliphatic rings. The molecule has 0 bridgehead atoms. The van der Waals surface area contributed by atoms with Gasteiger partial charge in [-0.05, 0) is 19.8 Å². The lowest BCUT2D eigenvalue weighted by Crippen LogP contribution is -2.20. The van der Waals surface area contributed by atoms with E-state index in [2.05, 4.69) is 15.3 Å². The van der Waals surface area contributed by atoms with E-state index in [1.165, 1.54) is 0 Å². The van der Waals surface area contributed by atoms with Gasteiger partial charge in [0.2, 0.25) is 11.8 Å². The minimum atomic E-state index is 0.0605. The Kier molecular flexibility index (Phi) is 3.24. The van der Waals surface area contributed by atoms with Crippen molar-refractivity contribution in [1.82, 2.24) is 9.97 Å². The van der Waals surface area contributed by atoms with E-state index >= 15 is 0 Å². The van der Waals surface area contributed by atoms with Crippen molar-refractivity contribution in [3.8, 4) is 5.88 Å². The molecule has 0 saturated heterocycles. The van der Waals surface area contributed by atoms with Crippen LogP contribution in [-0.4, -0.2) is 34.8 Å². The highest BCUT2D eigenvalue weighted by Gasteiger charge is 2.41. The van der Waals surface area contributed by atoms with Crippen molar-refractivity contribution in [2.75, 3.05) is 25.1 Å². The fourth-order valence-electron chi connectivity index (χ4n) is 1.49. The van der Waals surface area contributed by atoms with Gasteiger partial charge >= 0.3 is 0 Å². The number of rotatable bonds is 6. The third kappa shape index (κ3) is 2.61. The third-order valence-corrected chi connectivity index (χ3v) is 2.84. The Labute approximate surface area is 94.9 Å². The smallest absolute Gasteiger partial charge is 0.225 e. The molecule has 16 heavy (non-hydrogen) atoms. The number of nitrogens with one attached hydrogen (secondary N) is 1. The lowest BCUT2D eigenvalue weighted by Gasteiger charge is -2.12. The summed E-state index contributed by atoms with van der Waals surface area (Å²) in [4.78, 5) is 8.30. The SMILES string of the molecule is CCOc1ccnc(NCC2(CO)CC2)n1. The second kappa shape index (κ2) is 4.65. The molecule has 1 saturated carbocycles. The van der Waals surface area contributed by atoms with Gasteiger partial charge in [-0.3, -0.25) is 0 Å². The molecule has 1 aromatic rings. The van der Waals surface area contributed by atoms with Crippen LogP contribution in [-0.2, 0) is 0 Å². The van der Waals surface area contributed by atoms with Crippen LogP contribution in [0.2, 0.25) is 0 Å². The molecule has 1 fully saturated rings. The fourth-order valence-corrected chi connectivity index (χ4v) is 1.49. The summed E-state index contributed by atoms with van der Waals surface area (Å²) in [5.41, 5.74) is 0.0605. The molecule has 0 aliphatic heterocycles. The Morgan fingerprint density at radius 1 is 1.56 bits per heavy atom. The minimum absolute atomic E-state index is 0.0605. The van der Waals surface area contributed by atoms with Gasteiger partial charge in [0.05, 0.1) is 13.2 Å². The zero-order valence-corrected chi connectivity index (χ0v) is 9.44. The second-order valence-corrected chi connectivity index (χ2v) is 4.16. The standard InChI is InChI=1S/C11H17N3O2/c1-2-16-9-3-6-12-10(14-9)13-7-11(8-15)4-5-11/h3,6,15H,2,4-5,7-8H2,1H3,(H,12,13,14). The van der Waals surface area contributed by atoms with E-state index in [0.29, 0.717) is 18.4 Å². The van der Waals surface area contributed by atoms with E-state index < -0.39 is 0 Å². The van der Waals surface area contributed by atoms with Crippen LogP contribution in [0.15, 0.2) is 12.3 Å². The first-order chi connectivity index (χ1) is 7.78. The highest BCUT2D eigenvalue weighted by molar-refractivity contribution is 5.28. The molecule has 2 rings (SSSR count). The Morgan fingerprint density at radius 3 is 3.00 bits per heavy atom. The molecule has 0 amide bonds. The predicted octanol–water partition coefficient (Wildman–Crippen LogP) is 1.06. The van der Waals surface area contributed by atoms with Crippen LogP contribution in [0.4, 0.5) is 5.95 Å². The third-order valence-electron chi connectivity index (χ3n) is 2.84. The first-order valence-electron chi connectivity index (χ1n) is 5.58. The number of hydrogen-bond acceptors (Lipinski definition) is 5. The maximum atomic E-state index is 9.17. The van der Waals surface area contributed by atoms with E-state index in [-0.39, 0.29) is 12.0 Å². The van der Waals surface area contributed by atoms with Crippen LogP contribution < -0.4 is 10.1 Å². The summed E-state index contributed by atoms with van der Waals surface area (Å²) in [6, 6.07) is 1.73. The van der Waals surface area contributed by atoms with Gasteiger partial charge in [-0.15, -0.1) is 0 Å². The van der Waals surface area contributed by atoms with Crippen LogP contribution in [0.25, 0.3) is 0 Å². The number of ether oxygens (including phenoxy) is 1. The first kappa shape index (κ1) is 11.1. The van der Waals surface area contributed by atoms with E-state index in [9.17, 15) is 0 Å². The van der Waals surface area contributed by atoms with Crippen molar-refractivity contribution in [1.29, 1.82) is 0 Å². The summed E-state index contributed by atoms with van der Waals surface area (Å²) >= 11 is 0. The topological polar surface area (TPSA) is 67.3 Å². The molecule has 2 N–H and O–H groups in total. The van der Waals surface area contributed by atoms with E-state index in [1.807, 2.05) is 6.92 Å². The average Bonchev–Trinajstić information content (AvgIpc) is 3.08. The molecular formula is C11H17N3O2. The van der Waals surface area contributed by atoms with Crippen molar-refractivity contribution < 1.29 is 9.84 Å². The Hall–Kier alpha value is -1.36. The summed E-state index contributed by atoms with van der Waals surface area (Å²) in [7, 11) is 0. The van der Waals surface area contributed by atoms with Gasteiger partial charge < -0.3 is 15.2 Å². The summed E-state index contributed by atoms with van der Waals surface area (Å²) in [6.45, 7) is 3.46. The highest BCUT2D eigenvalue weighted by atomic mass is 16.5. The number of aliphatic hydroxyl groups excluding tert-OH is 1. The molecular weight excluding hydrogens is 206 g/mol. The van der Waals surface area contributed by atoms with Gasteiger partial charge in [0.25, 0.3) is 0 Å². The van der Waals surface area contributed by atoms with Crippen molar-refractivity contribution in [3.63, 3.8) is 0 Å². The molecule has 1 heterocycles. The number of anilines is 1. The fraction of sp³-hybridized carbons (Fsp3) is 0.636. The molecule has 0 unspecified atom stereocenters. The van der Waals surface area contributed by atoms with Crippen molar-refractivity contribution >= 4 is 5.95 Å². The summed E-state index contributed by atoms with van der Waals surface area (Å²) in [6.07, 6.45) is 3.81. The maximum Gasteiger partial charge on any atom is 0.225 e. The average molecular weight is 223 g/mol. The zero-order chi connectivity index (χ0) is 11.4. The number of aliphatic hydroxyl groups is 1. The van der Waals surface area contributed by atoms with Gasteiger partial charge in [-0.1, -0.05) is 0 Å². The van der Waals surface area contributed by atoms with E-state index in [4.69, 9.17) is 9.84 Å². The minimum Gasteiger partial charge on any atom is -0.478 e. The summed E-state index contributed by atoms with van der Waals surface area (Å²) < 4.78 is 5.28. The Balaban J connectivity index is 1.91. The molecule has 0 spiro atoms. The molecule has 1 aliphatic carbocycles. The lowest BCUT2D eigenvalue weighted by atomic mass is 10.1. The largest absolute Gasteiger partial charge is 0.478 e. The van der Waals surface area contributed by atoms with Crippen molar-refractivity contribution in [3.05, 3.63) is 12.3 Å². The van der Waals surface area contributed by atoms with Crippen molar-refractivity contribution in [2.45, 2.75) is 19.8 Å². The van der Waals surface area contributed by atoms with Crippen molar-refractivity contribution in [2.24, 2.45) is 5.41 Å². The molecule has 5 nitrogen and oxygen atoms in total. The number of hydrogen-bond donors (Lipinski definition) is 2. The summed E-state index contributed by atoms with van der Waals surface area (Å²) in [5, 5.41) is 12.3. The first-order valence-corrected chi connectivity index (χ1v) is 5.58. The van der Waals surface area contributed by atoms with Gasteiger partial charge in [-0.25, -0.2) is 4.98 Å². The van der Waals surface area contributed by atoms with Crippen LogP contribution in [0, 0.1) is 5.41 Å². The molecule has 88 valence electrons. The van der Waals surface area contributed by atoms with Crippen LogP contribution >= 0.6 is 0 Å². The molecule has 0 aromatic carbocycles. The normalized spacial score (nSPS) is 16.9. The lowest BCUT2D eigenvalue weighted by molar-refractivity contribution is 0.219. The maximum absolute atomic E-state index is 9.17. The molecule has 5 heteroatoms. The van der Waals surface area contributed by atoms with E-state index in [0.717, 1.165) is 19.4 Å². The highest BCUT2D eigenvalue weighted by Crippen LogP contribution is 2.44. The quantitative estimate of drug-likeness (QED) is 0.754. The van der Waals surface area contributed by atoms with Crippen LogP contribution in [0.3, 0.4) is 0 Å². The van der Waals surface area contributed by atoms with Crippen LogP contribution in [0.1, 0.15) is 19.8 Å². The van der Waals surface area contributed by atoms with Gasteiger partial charge in [0.15, 0.2) is 0 Å². The van der Waals surface area contributed by atoms with Gasteiger partial charge in [-0.2, -0.15) is 4.98 Å². The van der Waals surface area contributed by atoms with Crippen LogP contribution in [0.5, 0.6) is 5.88 Å². The van der Waals surface area contributed by atoms with Gasteiger partial charge in [0, 0.05) is 24.2 Å². The monoisotopic (exact) mass is 223 g/mol. The predicted molar refractivity (Wildman–Crippen MR) is 60.4 cm³/mol. The molecule has 0 atom stereocenters. The number of aromatic nitrogens is 2. The number of nitrogens with zero attached hydrogens (tertiary/aromatic N) is 2. The molecule has 1 aromatic heterocycles. The summed E-state index contributed by atoms with van der Waals surface area (Å²) in [5.74, 6) is 1.14. The Morgan fingerprint density at radius 2 is 2.38 bits per heavy atom. The Bertz CT molecular complexity index is 353. The molecule has 0 radical (unpaired) electrons. The second-order valence-electron chi connectivity index (χ2n) is 4.16. The van der Waals surface area contributed by atoms with Gasteiger partial charge in [0.1, 0.15) is 0 Å². The zero-order valence-electron chi connectivity index (χ0n) is 9.44.